The molecule has 0 amide bonds. The molecule has 0 spiro atoms. The molecule has 0 radical (unpaired) electrons. The lowest BCUT2D eigenvalue weighted by Crippen LogP contribution is -1.92. The summed E-state index contributed by atoms with van der Waals surface area (Å²) in [4.78, 5) is 7.59. The first kappa shape index (κ1) is 13.0. The van der Waals surface area contributed by atoms with Crippen LogP contribution in [0.2, 0.25) is 0 Å². The Balaban J connectivity index is 2.31. The molecule has 0 aliphatic carbocycles. The van der Waals surface area contributed by atoms with Crippen LogP contribution >= 0.6 is 11.6 Å². The molecule has 2 rings (SSSR count). The van der Waals surface area contributed by atoms with Gasteiger partial charge in [0, 0.05) is 17.9 Å². The number of H-pyrrole nitrogens is 1. The molecular formula is C14H17ClN2O. The van der Waals surface area contributed by atoms with Gasteiger partial charge in [-0.1, -0.05) is 6.92 Å². The highest BCUT2D eigenvalue weighted by Crippen LogP contribution is 2.26. The quantitative estimate of drug-likeness (QED) is 0.840. The van der Waals surface area contributed by atoms with Crippen LogP contribution in [0.15, 0.2) is 24.4 Å². The van der Waals surface area contributed by atoms with E-state index in [1.807, 2.05) is 18.3 Å². The number of aryl methyl sites for hydroxylation is 2. The van der Waals surface area contributed by atoms with E-state index in [-0.39, 0.29) is 0 Å². The summed E-state index contributed by atoms with van der Waals surface area (Å²) < 4.78 is 5.33. The third-order valence-electron chi connectivity index (χ3n) is 2.93. The number of hydrogen-bond acceptors (Lipinski definition) is 2. The minimum absolute atomic E-state index is 0.579. The molecule has 0 aliphatic rings. The topological polar surface area (TPSA) is 37.9 Å². The number of benzene rings is 1. The molecule has 0 saturated carbocycles. The number of aromatic amines is 1. The van der Waals surface area contributed by atoms with Gasteiger partial charge in [0.25, 0.3) is 0 Å². The number of aromatic nitrogens is 2. The Morgan fingerprint density at radius 2 is 2.22 bits per heavy atom. The smallest absolute Gasteiger partial charge is 0.122 e. The Morgan fingerprint density at radius 1 is 1.39 bits per heavy atom. The maximum atomic E-state index is 5.70. The van der Waals surface area contributed by atoms with Crippen LogP contribution in [0, 0.1) is 0 Å². The second-order valence-electron chi connectivity index (χ2n) is 4.06. The molecule has 0 atom stereocenters. The van der Waals surface area contributed by atoms with Crippen molar-refractivity contribution in [1.82, 2.24) is 9.97 Å². The summed E-state index contributed by atoms with van der Waals surface area (Å²) in [6.45, 7) is 2.12. The molecule has 96 valence electrons. The van der Waals surface area contributed by atoms with Gasteiger partial charge in [-0.25, -0.2) is 4.98 Å². The van der Waals surface area contributed by atoms with Gasteiger partial charge in [-0.2, -0.15) is 0 Å². The minimum atomic E-state index is 0.579. The van der Waals surface area contributed by atoms with E-state index >= 15 is 0 Å². The number of halogens is 1. The summed E-state index contributed by atoms with van der Waals surface area (Å²) in [5.41, 5.74) is 3.34. The van der Waals surface area contributed by atoms with Gasteiger partial charge >= 0.3 is 0 Å². The number of hydrogen-bond donors (Lipinski definition) is 1. The number of alkyl halides is 1. The molecular weight excluding hydrogens is 248 g/mol. The molecule has 3 nitrogen and oxygen atoms in total. The molecule has 0 aliphatic heterocycles. The zero-order valence-corrected chi connectivity index (χ0v) is 11.4. The van der Waals surface area contributed by atoms with Crippen LogP contribution in [0.1, 0.15) is 18.3 Å². The van der Waals surface area contributed by atoms with E-state index in [4.69, 9.17) is 16.3 Å². The Bertz CT molecular complexity index is 522. The molecule has 1 aromatic carbocycles. The van der Waals surface area contributed by atoms with Crippen molar-refractivity contribution in [2.45, 2.75) is 19.8 Å². The predicted octanol–water partition coefficient (Wildman–Crippen LogP) is 3.43. The Kier molecular flexibility index (Phi) is 4.26. The van der Waals surface area contributed by atoms with Crippen LogP contribution in [-0.4, -0.2) is 23.0 Å². The summed E-state index contributed by atoms with van der Waals surface area (Å²) in [5.74, 6) is 2.44. The molecule has 0 bridgehead atoms. The number of nitrogens with one attached hydrogen (secondary N) is 1. The highest BCUT2D eigenvalue weighted by atomic mass is 35.5. The number of ether oxygens (including phenoxy) is 1. The largest absolute Gasteiger partial charge is 0.496 e. The lowest BCUT2D eigenvalue weighted by atomic mass is 10.1. The van der Waals surface area contributed by atoms with Crippen molar-refractivity contribution in [3.05, 3.63) is 35.8 Å². The summed E-state index contributed by atoms with van der Waals surface area (Å²) in [7, 11) is 1.70. The number of methoxy groups -OCH3 is 1. The molecule has 2 aromatic rings. The number of imidazole rings is 1. The predicted molar refractivity (Wildman–Crippen MR) is 74.4 cm³/mol. The third kappa shape index (κ3) is 2.67. The van der Waals surface area contributed by atoms with Gasteiger partial charge in [0.1, 0.15) is 11.6 Å². The van der Waals surface area contributed by atoms with Gasteiger partial charge in [0.15, 0.2) is 0 Å². The van der Waals surface area contributed by atoms with E-state index in [9.17, 15) is 0 Å². The highest BCUT2D eigenvalue weighted by Gasteiger charge is 2.07. The van der Waals surface area contributed by atoms with E-state index in [2.05, 4.69) is 23.0 Å². The molecule has 0 fully saturated rings. The normalized spacial score (nSPS) is 10.6. The Hall–Kier alpha value is -1.48. The van der Waals surface area contributed by atoms with Gasteiger partial charge in [0.05, 0.1) is 19.0 Å². The Labute approximate surface area is 112 Å². The fraction of sp³-hybridized carbons (Fsp3) is 0.357. The monoisotopic (exact) mass is 264 g/mol. The first-order valence-corrected chi connectivity index (χ1v) is 6.59. The fourth-order valence-corrected chi connectivity index (χ4v) is 2.13. The van der Waals surface area contributed by atoms with Crippen molar-refractivity contribution < 1.29 is 4.74 Å². The van der Waals surface area contributed by atoms with Crippen LogP contribution in [0.25, 0.3) is 11.3 Å². The summed E-state index contributed by atoms with van der Waals surface area (Å²) in [6, 6.07) is 6.17. The van der Waals surface area contributed by atoms with Gasteiger partial charge in [-0.3, -0.25) is 0 Å². The zero-order chi connectivity index (χ0) is 13.0. The number of rotatable bonds is 5. The van der Waals surface area contributed by atoms with E-state index in [0.29, 0.717) is 5.88 Å². The molecule has 18 heavy (non-hydrogen) atoms. The van der Waals surface area contributed by atoms with Gasteiger partial charge < -0.3 is 9.72 Å². The van der Waals surface area contributed by atoms with E-state index in [1.165, 1.54) is 5.56 Å². The molecule has 0 saturated heterocycles. The number of nitrogens with zero attached hydrogens (tertiary/aromatic N) is 1. The van der Waals surface area contributed by atoms with E-state index < -0.39 is 0 Å². The lowest BCUT2D eigenvalue weighted by Gasteiger charge is -2.08. The summed E-state index contributed by atoms with van der Waals surface area (Å²) in [6.07, 6.45) is 3.56. The first-order chi connectivity index (χ1) is 8.78. The molecule has 1 N–H and O–H groups in total. The molecule has 1 aromatic heterocycles. The molecule has 4 heteroatoms. The highest BCUT2D eigenvalue weighted by molar-refractivity contribution is 6.17. The van der Waals surface area contributed by atoms with Gasteiger partial charge in [0.2, 0.25) is 0 Å². The first-order valence-electron chi connectivity index (χ1n) is 6.05. The van der Waals surface area contributed by atoms with Crippen molar-refractivity contribution in [1.29, 1.82) is 0 Å². The van der Waals surface area contributed by atoms with Crippen LogP contribution in [-0.2, 0) is 12.8 Å². The molecule has 1 heterocycles. The van der Waals surface area contributed by atoms with Crippen molar-refractivity contribution in [2.75, 3.05) is 13.0 Å². The van der Waals surface area contributed by atoms with Gasteiger partial charge in [-0.15, -0.1) is 11.6 Å². The van der Waals surface area contributed by atoms with Crippen LogP contribution in [0.3, 0.4) is 0 Å². The molecule has 0 unspecified atom stereocenters. The third-order valence-corrected chi connectivity index (χ3v) is 3.12. The fourth-order valence-electron chi connectivity index (χ4n) is 1.95. The second-order valence-corrected chi connectivity index (χ2v) is 4.44. The van der Waals surface area contributed by atoms with Crippen LogP contribution in [0.5, 0.6) is 5.75 Å². The maximum Gasteiger partial charge on any atom is 0.122 e. The minimum Gasteiger partial charge on any atom is -0.496 e. The van der Waals surface area contributed by atoms with Crippen molar-refractivity contribution in [3.63, 3.8) is 0 Å². The average Bonchev–Trinajstić information content (AvgIpc) is 2.87. The van der Waals surface area contributed by atoms with E-state index in [1.54, 1.807) is 7.11 Å². The van der Waals surface area contributed by atoms with E-state index in [0.717, 1.165) is 35.7 Å². The van der Waals surface area contributed by atoms with Crippen LogP contribution in [0.4, 0.5) is 0 Å². The summed E-state index contributed by atoms with van der Waals surface area (Å²) in [5, 5.41) is 0. The standard InChI is InChI=1S/C14H17ClN2O/c1-3-10-8-11(4-5-13(10)18-2)12-9-16-14(17-12)6-7-15/h4-5,8-9H,3,6-7H2,1-2H3,(H,16,17). The van der Waals surface area contributed by atoms with Crippen molar-refractivity contribution >= 4 is 11.6 Å². The lowest BCUT2D eigenvalue weighted by molar-refractivity contribution is 0.410. The van der Waals surface area contributed by atoms with Gasteiger partial charge in [-0.05, 0) is 30.2 Å². The summed E-state index contributed by atoms with van der Waals surface area (Å²) >= 11 is 5.70. The second kappa shape index (κ2) is 5.91. The maximum absolute atomic E-state index is 5.70. The Morgan fingerprint density at radius 3 is 2.89 bits per heavy atom. The zero-order valence-electron chi connectivity index (χ0n) is 10.7. The van der Waals surface area contributed by atoms with Crippen LogP contribution < -0.4 is 4.74 Å². The SMILES string of the molecule is CCc1cc(-c2cnc(CCCl)[nH]2)ccc1OC. The van der Waals surface area contributed by atoms with Crippen molar-refractivity contribution in [3.8, 4) is 17.0 Å². The van der Waals surface area contributed by atoms with Crippen molar-refractivity contribution in [2.24, 2.45) is 0 Å². The average molecular weight is 265 g/mol.